The van der Waals surface area contributed by atoms with Crippen molar-refractivity contribution in [1.82, 2.24) is 10.3 Å². The number of amides is 1. The molecule has 4 rings (SSSR count). The zero-order valence-electron chi connectivity index (χ0n) is 16.3. The molecular formula is C23H18ClN3O2S. The number of carbonyl (C=O) groups excluding carboxylic acids is 1. The molecule has 0 bridgehead atoms. The third-order valence-corrected chi connectivity index (χ3v) is 4.89. The molecule has 1 amide bonds. The molecule has 7 heteroatoms. The van der Waals surface area contributed by atoms with Gasteiger partial charge in [-0.05, 0) is 80.7 Å². The number of nitrogens with one attached hydrogen (secondary N) is 2. The van der Waals surface area contributed by atoms with E-state index in [1.807, 2.05) is 56.3 Å². The molecule has 5 nitrogen and oxygen atoms in total. The van der Waals surface area contributed by atoms with E-state index in [-0.39, 0.29) is 11.0 Å². The van der Waals surface area contributed by atoms with Gasteiger partial charge in [0.2, 0.25) is 5.89 Å². The van der Waals surface area contributed by atoms with Crippen molar-refractivity contribution in [3.05, 3.63) is 82.4 Å². The van der Waals surface area contributed by atoms with Crippen LogP contribution in [-0.4, -0.2) is 16.0 Å². The van der Waals surface area contributed by atoms with Crippen LogP contribution in [0.2, 0.25) is 5.02 Å². The van der Waals surface area contributed by atoms with E-state index >= 15 is 0 Å². The number of nitrogens with zero attached hydrogens (tertiary/aromatic N) is 1. The molecule has 1 heterocycles. The first-order valence-electron chi connectivity index (χ1n) is 9.24. The summed E-state index contributed by atoms with van der Waals surface area (Å²) in [5.41, 5.74) is 5.55. The Balaban J connectivity index is 1.43. The Kier molecular flexibility index (Phi) is 5.53. The van der Waals surface area contributed by atoms with Gasteiger partial charge in [-0.2, -0.15) is 0 Å². The minimum Gasteiger partial charge on any atom is -0.436 e. The fourth-order valence-electron chi connectivity index (χ4n) is 3.16. The fraction of sp³-hybridized carbons (Fsp3) is 0.0870. The predicted molar refractivity (Wildman–Crippen MR) is 124 cm³/mol. The van der Waals surface area contributed by atoms with E-state index in [1.165, 1.54) is 0 Å². The van der Waals surface area contributed by atoms with Gasteiger partial charge in [-0.15, -0.1) is 0 Å². The highest BCUT2D eigenvalue weighted by molar-refractivity contribution is 7.80. The SMILES string of the molecule is Cc1cc(C)cc(C(=O)NC(=S)Nc2ccc(-c3nc4cc(Cl)ccc4o3)cc2)c1. The Labute approximate surface area is 184 Å². The Morgan fingerprint density at radius 3 is 2.40 bits per heavy atom. The third-order valence-electron chi connectivity index (χ3n) is 4.45. The molecule has 3 aromatic carbocycles. The maximum absolute atomic E-state index is 12.4. The number of hydrogen-bond donors (Lipinski definition) is 2. The number of fused-ring (bicyclic) bond motifs is 1. The first-order valence-corrected chi connectivity index (χ1v) is 10.0. The second-order valence-electron chi connectivity index (χ2n) is 6.99. The van der Waals surface area contributed by atoms with Crippen LogP contribution in [0.1, 0.15) is 21.5 Å². The van der Waals surface area contributed by atoms with Crippen LogP contribution in [0, 0.1) is 13.8 Å². The van der Waals surface area contributed by atoms with Crippen molar-refractivity contribution in [3.8, 4) is 11.5 Å². The summed E-state index contributed by atoms with van der Waals surface area (Å²) in [4.78, 5) is 16.9. The molecule has 2 N–H and O–H groups in total. The normalized spacial score (nSPS) is 10.8. The van der Waals surface area contributed by atoms with E-state index in [0.717, 1.165) is 22.4 Å². The maximum Gasteiger partial charge on any atom is 0.257 e. The summed E-state index contributed by atoms with van der Waals surface area (Å²) in [5, 5.41) is 6.56. The molecule has 0 atom stereocenters. The van der Waals surface area contributed by atoms with Crippen molar-refractivity contribution >= 4 is 51.6 Å². The van der Waals surface area contributed by atoms with Crippen molar-refractivity contribution in [1.29, 1.82) is 0 Å². The summed E-state index contributed by atoms with van der Waals surface area (Å²) < 4.78 is 5.78. The lowest BCUT2D eigenvalue weighted by molar-refractivity contribution is 0.0977. The first-order chi connectivity index (χ1) is 14.4. The van der Waals surface area contributed by atoms with Crippen molar-refractivity contribution in [3.63, 3.8) is 0 Å². The van der Waals surface area contributed by atoms with Gasteiger partial charge in [0, 0.05) is 21.8 Å². The number of carbonyl (C=O) groups is 1. The van der Waals surface area contributed by atoms with Crippen LogP contribution in [0.3, 0.4) is 0 Å². The Morgan fingerprint density at radius 1 is 1.00 bits per heavy atom. The zero-order chi connectivity index (χ0) is 21.3. The standard InChI is InChI=1S/C23H18ClN3O2S/c1-13-9-14(2)11-16(10-13)21(28)27-23(30)25-18-6-3-15(4-7-18)22-26-19-12-17(24)5-8-20(19)29-22/h3-12H,1-2H3,(H2,25,27,28,30). The average Bonchev–Trinajstić information content (AvgIpc) is 3.10. The number of aromatic nitrogens is 1. The molecule has 0 aliphatic rings. The lowest BCUT2D eigenvalue weighted by Crippen LogP contribution is -2.34. The Bertz CT molecular complexity index is 1250. The number of aryl methyl sites for hydroxylation is 2. The molecule has 0 radical (unpaired) electrons. The summed E-state index contributed by atoms with van der Waals surface area (Å²) in [6.45, 7) is 3.90. The van der Waals surface area contributed by atoms with Crippen molar-refractivity contribution in [2.45, 2.75) is 13.8 Å². The van der Waals surface area contributed by atoms with Crippen molar-refractivity contribution in [2.24, 2.45) is 0 Å². The number of benzene rings is 3. The van der Waals surface area contributed by atoms with Crippen LogP contribution in [0.4, 0.5) is 5.69 Å². The number of thiocarbonyl (C=S) groups is 1. The van der Waals surface area contributed by atoms with Crippen molar-refractivity contribution < 1.29 is 9.21 Å². The van der Waals surface area contributed by atoms with Crippen LogP contribution in [-0.2, 0) is 0 Å². The number of halogens is 1. The summed E-state index contributed by atoms with van der Waals surface area (Å²) in [7, 11) is 0. The molecule has 0 aliphatic carbocycles. The second-order valence-corrected chi connectivity index (χ2v) is 7.84. The first kappa shape index (κ1) is 20.1. The fourth-order valence-corrected chi connectivity index (χ4v) is 3.54. The van der Waals surface area contributed by atoms with Gasteiger partial charge in [0.1, 0.15) is 5.52 Å². The van der Waals surface area contributed by atoms with E-state index in [2.05, 4.69) is 15.6 Å². The number of hydrogen-bond acceptors (Lipinski definition) is 4. The van der Waals surface area contributed by atoms with E-state index in [4.69, 9.17) is 28.2 Å². The minimum atomic E-state index is -0.249. The Morgan fingerprint density at radius 2 is 1.70 bits per heavy atom. The van der Waals surface area contributed by atoms with Gasteiger partial charge in [-0.25, -0.2) is 4.98 Å². The number of anilines is 1. The maximum atomic E-state index is 12.4. The van der Waals surface area contributed by atoms with Gasteiger partial charge >= 0.3 is 0 Å². The van der Waals surface area contributed by atoms with Gasteiger partial charge in [-0.3, -0.25) is 10.1 Å². The van der Waals surface area contributed by atoms with Crippen LogP contribution in [0.15, 0.2) is 65.1 Å². The van der Waals surface area contributed by atoms with Gasteiger partial charge in [0.25, 0.3) is 5.91 Å². The van der Waals surface area contributed by atoms with E-state index in [9.17, 15) is 4.79 Å². The van der Waals surface area contributed by atoms with E-state index < -0.39 is 0 Å². The second kappa shape index (κ2) is 8.26. The molecule has 4 aromatic rings. The van der Waals surface area contributed by atoms with Crippen LogP contribution in [0.5, 0.6) is 0 Å². The summed E-state index contributed by atoms with van der Waals surface area (Å²) >= 11 is 11.3. The minimum absolute atomic E-state index is 0.225. The summed E-state index contributed by atoms with van der Waals surface area (Å²) in [6.07, 6.45) is 0. The molecule has 0 spiro atoms. The van der Waals surface area contributed by atoms with Crippen LogP contribution >= 0.6 is 23.8 Å². The van der Waals surface area contributed by atoms with Gasteiger partial charge < -0.3 is 9.73 Å². The smallest absolute Gasteiger partial charge is 0.257 e. The Hall–Kier alpha value is -3.22. The molecule has 1 aromatic heterocycles. The molecule has 0 saturated heterocycles. The lowest BCUT2D eigenvalue weighted by Gasteiger charge is -2.10. The molecule has 0 saturated carbocycles. The van der Waals surface area contributed by atoms with E-state index in [0.29, 0.717) is 27.6 Å². The van der Waals surface area contributed by atoms with Gasteiger partial charge in [-0.1, -0.05) is 28.8 Å². The molecule has 0 unspecified atom stereocenters. The predicted octanol–water partition coefficient (Wildman–Crippen LogP) is 5.89. The quantitative estimate of drug-likeness (QED) is 0.392. The molecule has 150 valence electrons. The lowest BCUT2D eigenvalue weighted by atomic mass is 10.1. The summed E-state index contributed by atoms with van der Waals surface area (Å²) in [6, 6.07) is 18.4. The molecule has 30 heavy (non-hydrogen) atoms. The van der Waals surface area contributed by atoms with Crippen molar-refractivity contribution in [2.75, 3.05) is 5.32 Å². The highest BCUT2D eigenvalue weighted by atomic mass is 35.5. The molecule has 0 fully saturated rings. The van der Waals surface area contributed by atoms with Crippen LogP contribution < -0.4 is 10.6 Å². The largest absolute Gasteiger partial charge is 0.436 e. The van der Waals surface area contributed by atoms with Gasteiger partial charge in [0.05, 0.1) is 0 Å². The topological polar surface area (TPSA) is 67.2 Å². The highest BCUT2D eigenvalue weighted by Gasteiger charge is 2.11. The van der Waals surface area contributed by atoms with Gasteiger partial charge in [0.15, 0.2) is 10.7 Å². The molecular weight excluding hydrogens is 418 g/mol. The third kappa shape index (κ3) is 4.50. The monoisotopic (exact) mass is 435 g/mol. The summed E-state index contributed by atoms with van der Waals surface area (Å²) in [5.74, 6) is 0.255. The number of rotatable bonds is 3. The average molecular weight is 436 g/mol. The highest BCUT2D eigenvalue weighted by Crippen LogP contribution is 2.27. The zero-order valence-corrected chi connectivity index (χ0v) is 17.9. The molecule has 0 aliphatic heterocycles. The van der Waals surface area contributed by atoms with Crippen LogP contribution in [0.25, 0.3) is 22.6 Å². The number of oxazole rings is 1. The van der Waals surface area contributed by atoms with E-state index in [1.54, 1.807) is 18.2 Å².